The monoisotopic (exact) mass is 312 g/mol. The summed E-state index contributed by atoms with van der Waals surface area (Å²) in [5.74, 6) is 0.257. The number of rotatable bonds is 1. The Morgan fingerprint density at radius 2 is 1.35 bits per heavy atom. The average Bonchev–Trinajstić information content (AvgIpc) is 2.37. The van der Waals surface area contributed by atoms with Crippen LogP contribution in [-0.4, -0.2) is 5.11 Å². The van der Waals surface area contributed by atoms with Crippen LogP contribution in [0.3, 0.4) is 0 Å². The van der Waals surface area contributed by atoms with Crippen LogP contribution >= 0.6 is 0 Å². The smallest absolute Gasteiger partial charge is 0.129 e. The summed E-state index contributed by atoms with van der Waals surface area (Å²) in [6.45, 7) is 12.6. The van der Waals surface area contributed by atoms with E-state index in [4.69, 9.17) is 11.5 Å². The maximum absolute atomic E-state index is 10.9. The van der Waals surface area contributed by atoms with Gasteiger partial charge in [0.1, 0.15) is 5.75 Å². The van der Waals surface area contributed by atoms with Gasteiger partial charge in [-0.15, -0.1) is 0 Å². The zero-order valence-electron chi connectivity index (χ0n) is 15.0. The number of hydrogen-bond donors (Lipinski definition) is 3. The van der Waals surface area contributed by atoms with Gasteiger partial charge in [-0.2, -0.15) is 0 Å². The Hall–Kier alpha value is -2.16. The molecule has 3 nitrogen and oxygen atoms in total. The van der Waals surface area contributed by atoms with Gasteiger partial charge in [-0.1, -0.05) is 53.7 Å². The van der Waals surface area contributed by atoms with Crippen LogP contribution in [0.25, 0.3) is 11.1 Å². The molecular weight excluding hydrogens is 284 g/mol. The minimum atomic E-state index is -0.252. The van der Waals surface area contributed by atoms with Crippen LogP contribution in [0.1, 0.15) is 52.7 Å². The van der Waals surface area contributed by atoms with Crippen molar-refractivity contribution in [3.63, 3.8) is 0 Å². The number of phenolic OH excluding ortho intramolecular Hbond substituents is 1. The second kappa shape index (κ2) is 5.48. The lowest BCUT2D eigenvalue weighted by Crippen LogP contribution is -2.21. The van der Waals surface area contributed by atoms with Crippen molar-refractivity contribution in [2.24, 2.45) is 0 Å². The molecule has 0 saturated carbocycles. The first kappa shape index (κ1) is 17.2. The Kier molecular flexibility index (Phi) is 4.10. The Balaban J connectivity index is 2.85. The number of benzene rings is 2. The van der Waals surface area contributed by atoms with Crippen LogP contribution in [0.2, 0.25) is 0 Å². The normalized spacial score (nSPS) is 12.4. The second-order valence-electron chi connectivity index (χ2n) is 8.23. The predicted octanol–water partition coefficient (Wildman–Crippen LogP) is 4.82. The van der Waals surface area contributed by atoms with Crippen LogP contribution in [0.15, 0.2) is 30.3 Å². The molecule has 5 N–H and O–H groups in total. The van der Waals surface area contributed by atoms with Gasteiger partial charge in [0.2, 0.25) is 0 Å². The summed E-state index contributed by atoms with van der Waals surface area (Å²) in [6, 6.07) is 9.56. The summed E-state index contributed by atoms with van der Waals surface area (Å²) >= 11 is 0. The Morgan fingerprint density at radius 3 is 1.78 bits per heavy atom. The minimum Gasteiger partial charge on any atom is -0.507 e. The molecule has 0 aliphatic heterocycles. The van der Waals surface area contributed by atoms with Gasteiger partial charge in [0.25, 0.3) is 0 Å². The van der Waals surface area contributed by atoms with Gasteiger partial charge in [0.05, 0.1) is 0 Å². The van der Waals surface area contributed by atoms with E-state index in [1.807, 2.05) is 30.3 Å². The summed E-state index contributed by atoms with van der Waals surface area (Å²) in [6.07, 6.45) is 0. The Labute approximate surface area is 139 Å². The molecule has 0 aliphatic carbocycles. The molecule has 0 radical (unpaired) electrons. The molecule has 0 aromatic heterocycles. The van der Waals surface area contributed by atoms with Gasteiger partial charge in [-0.3, -0.25) is 0 Å². The predicted molar refractivity (Wildman–Crippen MR) is 99.8 cm³/mol. The van der Waals surface area contributed by atoms with Crippen molar-refractivity contribution in [3.05, 3.63) is 41.5 Å². The van der Waals surface area contributed by atoms with E-state index in [0.29, 0.717) is 11.4 Å². The fourth-order valence-electron chi connectivity index (χ4n) is 2.95. The van der Waals surface area contributed by atoms with Gasteiger partial charge in [-0.25, -0.2) is 0 Å². The van der Waals surface area contributed by atoms with Gasteiger partial charge in [0.15, 0.2) is 0 Å². The van der Waals surface area contributed by atoms with E-state index in [2.05, 4.69) is 41.5 Å². The summed E-state index contributed by atoms with van der Waals surface area (Å²) in [5, 5.41) is 10.9. The van der Waals surface area contributed by atoms with Gasteiger partial charge >= 0.3 is 0 Å². The van der Waals surface area contributed by atoms with Crippen LogP contribution in [0.5, 0.6) is 5.75 Å². The SMILES string of the molecule is CC(C)(C)c1cc(-c2ccc(N)cc2)c(O)c(C(C)(C)C)c1N. The van der Waals surface area contributed by atoms with Crippen molar-refractivity contribution in [3.8, 4) is 16.9 Å². The van der Waals surface area contributed by atoms with E-state index >= 15 is 0 Å². The number of nitrogen functional groups attached to an aromatic ring is 2. The molecule has 0 unspecified atom stereocenters. The van der Waals surface area contributed by atoms with Crippen molar-refractivity contribution in [2.45, 2.75) is 52.4 Å². The third-order valence-corrected chi connectivity index (χ3v) is 4.12. The Morgan fingerprint density at radius 1 is 0.826 bits per heavy atom. The molecule has 0 heterocycles. The zero-order chi connectivity index (χ0) is 17.6. The van der Waals surface area contributed by atoms with Gasteiger partial charge < -0.3 is 16.6 Å². The molecule has 0 bridgehead atoms. The first-order valence-electron chi connectivity index (χ1n) is 7.95. The minimum absolute atomic E-state index is 0.111. The number of phenols is 1. The van der Waals surface area contributed by atoms with Gasteiger partial charge in [-0.05, 0) is 40.2 Å². The third-order valence-electron chi connectivity index (χ3n) is 4.12. The van der Waals surface area contributed by atoms with Crippen molar-refractivity contribution >= 4 is 11.4 Å². The Bertz CT molecular complexity index is 717. The van der Waals surface area contributed by atoms with E-state index in [9.17, 15) is 5.11 Å². The van der Waals surface area contributed by atoms with Crippen LogP contribution in [0.4, 0.5) is 11.4 Å². The van der Waals surface area contributed by atoms with E-state index in [0.717, 1.165) is 22.3 Å². The first-order valence-corrected chi connectivity index (χ1v) is 7.95. The van der Waals surface area contributed by atoms with E-state index in [1.165, 1.54) is 0 Å². The quantitative estimate of drug-likeness (QED) is 0.661. The van der Waals surface area contributed by atoms with Crippen molar-refractivity contribution < 1.29 is 5.11 Å². The highest BCUT2D eigenvalue weighted by Gasteiger charge is 2.29. The maximum Gasteiger partial charge on any atom is 0.129 e. The van der Waals surface area contributed by atoms with Crippen molar-refractivity contribution in [1.82, 2.24) is 0 Å². The fourth-order valence-corrected chi connectivity index (χ4v) is 2.95. The molecule has 0 atom stereocenters. The van der Waals surface area contributed by atoms with E-state index in [1.54, 1.807) is 0 Å². The largest absolute Gasteiger partial charge is 0.507 e. The summed E-state index contributed by atoms with van der Waals surface area (Å²) in [4.78, 5) is 0. The van der Waals surface area contributed by atoms with Crippen molar-refractivity contribution in [1.29, 1.82) is 0 Å². The molecule has 0 amide bonds. The standard InChI is InChI=1S/C20H28N2O/c1-19(2,3)15-11-14(12-7-9-13(21)10-8-12)18(23)16(17(15)22)20(4,5)6/h7-11,23H,21-22H2,1-6H3. The number of nitrogens with two attached hydrogens (primary N) is 2. The lowest BCUT2D eigenvalue weighted by molar-refractivity contribution is 0.448. The van der Waals surface area contributed by atoms with Crippen LogP contribution in [-0.2, 0) is 10.8 Å². The highest BCUT2D eigenvalue weighted by molar-refractivity contribution is 5.80. The molecular formula is C20H28N2O. The number of hydrogen-bond acceptors (Lipinski definition) is 3. The lowest BCUT2D eigenvalue weighted by Gasteiger charge is -2.30. The summed E-state index contributed by atoms with van der Waals surface area (Å²) in [7, 11) is 0. The molecule has 2 aromatic carbocycles. The highest BCUT2D eigenvalue weighted by Crippen LogP contribution is 2.46. The first-order chi connectivity index (χ1) is 10.4. The molecule has 0 fully saturated rings. The van der Waals surface area contributed by atoms with Crippen LogP contribution in [0, 0.1) is 0 Å². The van der Waals surface area contributed by atoms with Gasteiger partial charge in [0, 0.05) is 22.5 Å². The maximum atomic E-state index is 10.9. The summed E-state index contributed by atoms with van der Waals surface area (Å²) < 4.78 is 0. The zero-order valence-corrected chi connectivity index (χ0v) is 15.0. The number of anilines is 2. The molecule has 124 valence electrons. The number of aromatic hydroxyl groups is 1. The molecule has 2 aromatic rings. The average molecular weight is 312 g/mol. The molecule has 2 rings (SSSR count). The molecule has 0 saturated heterocycles. The molecule has 0 spiro atoms. The lowest BCUT2D eigenvalue weighted by atomic mass is 9.76. The molecule has 0 aliphatic rings. The molecule has 23 heavy (non-hydrogen) atoms. The highest BCUT2D eigenvalue weighted by atomic mass is 16.3. The topological polar surface area (TPSA) is 72.3 Å². The second-order valence-corrected chi connectivity index (χ2v) is 8.23. The van der Waals surface area contributed by atoms with E-state index < -0.39 is 0 Å². The molecule has 3 heteroatoms. The fraction of sp³-hybridized carbons (Fsp3) is 0.400. The summed E-state index contributed by atoms with van der Waals surface area (Å²) in [5.41, 5.74) is 16.8. The van der Waals surface area contributed by atoms with Crippen molar-refractivity contribution in [2.75, 3.05) is 11.5 Å². The van der Waals surface area contributed by atoms with E-state index in [-0.39, 0.29) is 16.6 Å². The third kappa shape index (κ3) is 3.29. The van der Waals surface area contributed by atoms with Crippen LogP contribution < -0.4 is 11.5 Å².